The van der Waals surface area contributed by atoms with Crippen LogP contribution in [-0.2, 0) is 0 Å². The van der Waals surface area contributed by atoms with Crippen LogP contribution in [0.15, 0.2) is 78.0 Å². The molecule has 0 saturated heterocycles. The van der Waals surface area contributed by atoms with Gasteiger partial charge >= 0.3 is 0 Å². The number of nitrogens with one attached hydrogen (secondary N) is 1. The number of hydrogen-bond donors (Lipinski definition) is 1. The summed E-state index contributed by atoms with van der Waals surface area (Å²) in [5.74, 6) is 0. The van der Waals surface area contributed by atoms with E-state index in [2.05, 4.69) is 76.9 Å². The standard InChI is InChI=1S/C22H16N2S/c1-25-21-9-5-4-7-15(21)18-12-19-22(16-8-3-2-6-14(16)18)17-10-11-23-13-20(17)24-19/h2-13,24H,1H3. The molecule has 0 aliphatic heterocycles. The summed E-state index contributed by atoms with van der Waals surface area (Å²) in [6.45, 7) is 0. The fraction of sp³-hybridized carbons (Fsp3) is 0.0455. The average molecular weight is 340 g/mol. The van der Waals surface area contributed by atoms with Gasteiger partial charge in [-0.3, -0.25) is 4.98 Å². The number of nitrogens with zero attached hydrogens (tertiary/aromatic N) is 1. The van der Waals surface area contributed by atoms with E-state index in [1.807, 2.05) is 12.4 Å². The van der Waals surface area contributed by atoms with E-state index in [9.17, 15) is 0 Å². The van der Waals surface area contributed by atoms with Crippen molar-refractivity contribution in [2.75, 3.05) is 6.26 Å². The van der Waals surface area contributed by atoms with Gasteiger partial charge in [-0.2, -0.15) is 0 Å². The minimum atomic E-state index is 1.08. The highest BCUT2D eigenvalue weighted by molar-refractivity contribution is 7.98. The van der Waals surface area contributed by atoms with Crippen LogP contribution in [0.4, 0.5) is 0 Å². The summed E-state index contributed by atoms with van der Waals surface area (Å²) in [7, 11) is 0. The van der Waals surface area contributed by atoms with Crippen molar-refractivity contribution in [3.63, 3.8) is 0 Å². The van der Waals surface area contributed by atoms with Crippen molar-refractivity contribution < 1.29 is 0 Å². The van der Waals surface area contributed by atoms with Gasteiger partial charge < -0.3 is 4.98 Å². The molecule has 5 rings (SSSR count). The topological polar surface area (TPSA) is 28.7 Å². The van der Waals surface area contributed by atoms with Crippen molar-refractivity contribution in [3.8, 4) is 11.1 Å². The highest BCUT2D eigenvalue weighted by atomic mass is 32.2. The lowest BCUT2D eigenvalue weighted by Crippen LogP contribution is -1.86. The van der Waals surface area contributed by atoms with Crippen LogP contribution in [-0.4, -0.2) is 16.2 Å². The summed E-state index contributed by atoms with van der Waals surface area (Å²) >= 11 is 1.79. The SMILES string of the molecule is CSc1ccccc1-c1cc2[nH]c3cnccc3c2c2ccccc12. The second-order valence-corrected chi connectivity index (χ2v) is 6.99. The van der Waals surface area contributed by atoms with Crippen LogP contribution >= 0.6 is 11.8 Å². The maximum absolute atomic E-state index is 4.26. The summed E-state index contributed by atoms with van der Waals surface area (Å²) in [4.78, 5) is 9.11. The van der Waals surface area contributed by atoms with E-state index in [1.54, 1.807) is 11.8 Å². The summed E-state index contributed by atoms with van der Waals surface area (Å²) in [5, 5.41) is 5.07. The summed E-state index contributed by atoms with van der Waals surface area (Å²) in [6, 6.07) is 21.7. The van der Waals surface area contributed by atoms with Gasteiger partial charge in [0.05, 0.1) is 11.7 Å². The van der Waals surface area contributed by atoms with Gasteiger partial charge in [0.1, 0.15) is 0 Å². The fourth-order valence-corrected chi connectivity index (χ4v) is 4.32. The predicted molar refractivity (Wildman–Crippen MR) is 108 cm³/mol. The number of fused-ring (bicyclic) bond motifs is 5. The predicted octanol–water partition coefficient (Wildman–Crippen LogP) is 6.26. The Hall–Kier alpha value is -2.78. The average Bonchev–Trinajstić information content (AvgIpc) is 3.06. The Bertz CT molecular complexity index is 1240. The molecule has 2 aromatic heterocycles. The Morgan fingerprint density at radius 3 is 2.48 bits per heavy atom. The van der Waals surface area contributed by atoms with E-state index in [1.165, 1.54) is 37.6 Å². The van der Waals surface area contributed by atoms with Crippen LogP contribution in [0.25, 0.3) is 43.7 Å². The molecule has 0 amide bonds. The second kappa shape index (κ2) is 5.64. The number of benzene rings is 3. The van der Waals surface area contributed by atoms with Crippen LogP contribution in [0, 0.1) is 0 Å². The molecular weight excluding hydrogens is 324 g/mol. The largest absolute Gasteiger partial charge is 0.353 e. The zero-order valence-corrected chi connectivity index (χ0v) is 14.6. The molecule has 1 N–H and O–H groups in total. The molecule has 5 aromatic rings. The number of pyridine rings is 1. The molecule has 0 spiro atoms. The first-order valence-corrected chi connectivity index (χ1v) is 9.50. The molecule has 25 heavy (non-hydrogen) atoms. The Kier molecular flexibility index (Phi) is 3.28. The third-order valence-corrected chi connectivity index (χ3v) is 5.60. The number of thioether (sulfide) groups is 1. The highest BCUT2D eigenvalue weighted by Crippen LogP contribution is 2.40. The van der Waals surface area contributed by atoms with Crippen molar-refractivity contribution in [2.45, 2.75) is 4.90 Å². The molecule has 0 bridgehead atoms. The van der Waals surface area contributed by atoms with E-state index >= 15 is 0 Å². The van der Waals surface area contributed by atoms with E-state index in [0.717, 1.165) is 11.0 Å². The maximum Gasteiger partial charge on any atom is 0.0651 e. The summed E-state index contributed by atoms with van der Waals surface area (Å²) in [5.41, 5.74) is 4.79. The second-order valence-electron chi connectivity index (χ2n) is 6.14. The quantitative estimate of drug-likeness (QED) is 0.384. The van der Waals surface area contributed by atoms with Crippen LogP contribution in [0.3, 0.4) is 0 Å². The Balaban J connectivity index is 1.98. The first-order valence-electron chi connectivity index (χ1n) is 8.27. The molecule has 0 radical (unpaired) electrons. The lowest BCUT2D eigenvalue weighted by molar-refractivity contribution is 1.35. The minimum Gasteiger partial charge on any atom is -0.353 e. The Morgan fingerprint density at radius 2 is 1.60 bits per heavy atom. The van der Waals surface area contributed by atoms with Gasteiger partial charge in [-0.05, 0) is 46.4 Å². The van der Waals surface area contributed by atoms with Crippen LogP contribution in [0.5, 0.6) is 0 Å². The van der Waals surface area contributed by atoms with Crippen LogP contribution in [0.1, 0.15) is 0 Å². The third-order valence-electron chi connectivity index (χ3n) is 4.80. The molecular formula is C22H16N2S. The zero-order chi connectivity index (χ0) is 16.8. The van der Waals surface area contributed by atoms with Crippen LogP contribution in [0.2, 0.25) is 0 Å². The monoisotopic (exact) mass is 340 g/mol. The maximum atomic E-state index is 4.26. The van der Waals surface area contributed by atoms with Crippen molar-refractivity contribution in [1.82, 2.24) is 9.97 Å². The lowest BCUT2D eigenvalue weighted by atomic mass is 9.95. The van der Waals surface area contributed by atoms with E-state index in [-0.39, 0.29) is 0 Å². The fourth-order valence-electron chi connectivity index (χ4n) is 3.71. The number of aromatic nitrogens is 2. The van der Waals surface area contributed by atoms with Gasteiger partial charge in [0.2, 0.25) is 0 Å². The van der Waals surface area contributed by atoms with Gasteiger partial charge in [0, 0.05) is 27.4 Å². The summed E-state index contributed by atoms with van der Waals surface area (Å²) in [6.07, 6.45) is 5.90. The van der Waals surface area contributed by atoms with E-state index in [4.69, 9.17) is 0 Å². The molecule has 120 valence electrons. The molecule has 2 nitrogen and oxygen atoms in total. The zero-order valence-electron chi connectivity index (χ0n) is 13.8. The van der Waals surface area contributed by atoms with Crippen molar-refractivity contribution in [2.24, 2.45) is 0 Å². The molecule has 2 heterocycles. The van der Waals surface area contributed by atoms with Crippen molar-refractivity contribution in [1.29, 1.82) is 0 Å². The normalized spacial score (nSPS) is 11.6. The smallest absolute Gasteiger partial charge is 0.0651 e. The number of H-pyrrole nitrogens is 1. The first kappa shape index (κ1) is 14.6. The Morgan fingerprint density at radius 1 is 0.800 bits per heavy atom. The molecule has 0 fully saturated rings. The molecule has 0 aliphatic rings. The van der Waals surface area contributed by atoms with E-state index < -0.39 is 0 Å². The summed E-state index contributed by atoms with van der Waals surface area (Å²) < 4.78 is 0. The van der Waals surface area contributed by atoms with Crippen molar-refractivity contribution >= 4 is 44.3 Å². The van der Waals surface area contributed by atoms with Gasteiger partial charge in [0.15, 0.2) is 0 Å². The van der Waals surface area contributed by atoms with Gasteiger partial charge in [-0.1, -0.05) is 42.5 Å². The molecule has 3 aromatic carbocycles. The van der Waals surface area contributed by atoms with Gasteiger partial charge in [-0.15, -0.1) is 11.8 Å². The highest BCUT2D eigenvalue weighted by Gasteiger charge is 2.14. The van der Waals surface area contributed by atoms with Crippen LogP contribution < -0.4 is 0 Å². The van der Waals surface area contributed by atoms with Crippen molar-refractivity contribution in [3.05, 3.63) is 73.1 Å². The molecule has 0 unspecified atom stereocenters. The molecule has 3 heteroatoms. The molecule has 0 atom stereocenters. The van der Waals surface area contributed by atoms with Gasteiger partial charge in [-0.25, -0.2) is 0 Å². The minimum absolute atomic E-state index is 1.08. The number of hydrogen-bond acceptors (Lipinski definition) is 2. The molecule has 0 saturated carbocycles. The lowest BCUT2D eigenvalue weighted by Gasteiger charge is -2.12. The van der Waals surface area contributed by atoms with E-state index in [0.29, 0.717) is 0 Å². The molecule has 0 aliphatic carbocycles. The van der Waals surface area contributed by atoms with Gasteiger partial charge in [0.25, 0.3) is 0 Å². The third kappa shape index (κ3) is 2.16. The number of aromatic amines is 1. The number of rotatable bonds is 2. The first-order chi connectivity index (χ1) is 12.4. The Labute approximate surface area is 149 Å².